The molecule has 0 aromatic heterocycles. The molecule has 0 aromatic rings. The number of nitrogens with one attached hydrogen (secondary N) is 1. The van der Waals surface area contributed by atoms with Crippen molar-refractivity contribution in [3.05, 3.63) is 0 Å². The Balaban J connectivity index is 1.81. The summed E-state index contributed by atoms with van der Waals surface area (Å²) in [5.41, 5.74) is 0. The van der Waals surface area contributed by atoms with Crippen LogP contribution in [0.3, 0.4) is 0 Å². The van der Waals surface area contributed by atoms with E-state index in [0.29, 0.717) is 0 Å². The molecule has 5 atom stereocenters. The highest BCUT2D eigenvalue weighted by atomic mass is 32.2. The Bertz CT molecular complexity index is 219. The molecule has 1 N–H and O–H groups in total. The first-order valence-electron chi connectivity index (χ1n) is 6.99. The third-order valence-corrected chi connectivity index (χ3v) is 5.97. The maximum Gasteiger partial charge on any atom is 0.0198 e. The van der Waals surface area contributed by atoms with Crippen LogP contribution in [0, 0.1) is 11.8 Å². The van der Waals surface area contributed by atoms with Gasteiger partial charge in [0.15, 0.2) is 0 Å². The summed E-state index contributed by atoms with van der Waals surface area (Å²) in [5.74, 6) is 1.86. The summed E-state index contributed by atoms with van der Waals surface area (Å²) in [6.07, 6.45) is 10.8. The minimum absolute atomic E-state index is 0.806. The van der Waals surface area contributed by atoms with Gasteiger partial charge in [-0.3, -0.25) is 0 Å². The lowest BCUT2D eigenvalue weighted by atomic mass is 9.79. The molecule has 0 saturated heterocycles. The van der Waals surface area contributed by atoms with Gasteiger partial charge >= 0.3 is 0 Å². The van der Waals surface area contributed by atoms with Crippen LogP contribution in [0.4, 0.5) is 0 Å². The maximum absolute atomic E-state index is 3.95. The van der Waals surface area contributed by atoms with E-state index in [0.717, 1.165) is 29.2 Å². The Morgan fingerprint density at radius 3 is 2.50 bits per heavy atom. The van der Waals surface area contributed by atoms with Crippen molar-refractivity contribution in [1.82, 2.24) is 5.32 Å². The first kappa shape index (κ1) is 12.8. The van der Waals surface area contributed by atoms with Crippen molar-refractivity contribution < 1.29 is 0 Å². The van der Waals surface area contributed by atoms with Crippen LogP contribution in [0.15, 0.2) is 0 Å². The van der Waals surface area contributed by atoms with Crippen molar-refractivity contribution in [3.8, 4) is 0 Å². The van der Waals surface area contributed by atoms with Gasteiger partial charge in [0.25, 0.3) is 0 Å². The van der Waals surface area contributed by atoms with Gasteiger partial charge in [0.2, 0.25) is 0 Å². The van der Waals surface area contributed by atoms with E-state index >= 15 is 0 Å². The van der Waals surface area contributed by atoms with Crippen LogP contribution < -0.4 is 5.32 Å². The van der Waals surface area contributed by atoms with Crippen LogP contribution in [0.1, 0.15) is 52.4 Å². The largest absolute Gasteiger partial charge is 0.310 e. The standard InChI is InChI=1S/C14H27NS/c1-10-7-8-12(9-11(10)2)15-13-5-4-6-14(13)16-3/h10-15H,4-9H2,1-3H3. The molecule has 0 radical (unpaired) electrons. The van der Waals surface area contributed by atoms with Gasteiger partial charge in [-0.05, 0) is 50.2 Å². The highest BCUT2D eigenvalue weighted by molar-refractivity contribution is 7.99. The van der Waals surface area contributed by atoms with E-state index < -0.39 is 0 Å². The molecular weight excluding hydrogens is 214 g/mol. The van der Waals surface area contributed by atoms with E-state index in [9.17, 15) is 0 Å². The van der Waals surface area contributed by atoms with Gasteiger partial charge in [0.1, 0.15) is 0 Å². The van der Waals surface area contributed by atoms with E-state index in [1.165, 1.54) is 38.5 Å². The van der Waals surface area contributed by atoms with Crippen molar-refractivity contribution in [2.75, 3.05) is 6.26 Å². The molecular formula is C14H27NS. The summed E-state index contributed by atoms with van der Waals surface area (Å²) < 4.78 is 0. The molecule has 1 nitrogen and oxygen atoms in total. The van der Waals surface area contributed by atoms with Crippen molar-refractivity contribution >= 4 is 11.8 Å². The molecule has 0 spiro atoms. The fourth-order valence-electron chi connectivity index (χ4n) is 3.40. The van der Waals surface area contributed by atoms with Crippen LogP contribution in [-0.4, -0.2) is 23.6 Å². The highest BCUT2D eigenvalue weighted by Gasteiger charge is 2.31. The lowest BCUT2D eigenvalue weighted by Gasteiger charge is -2.35. The highest BCUT2D eigenvalue weighted by Crippen LogP contribution is 2.33. The lowest BCUT2D eigenvalue weighted by Crippen LogP contribution is -2.44. The molecule has 2 fully saturated rings. The van der Waals surface area contributed by atoms with Gasteiger partial charge in [-0.1, -0.05) is 20.3 Å². The Hall–Kier alpha value is 0.310. The number of rotatable bonds is 3. The summed E-state index contributed by atoms with van der Waals surface area (Å²) in [6.45, 7) is 4.85. The molecule has 5 unspecified atom stereocenters. The molecule has 16 heavy (non-hydrogen) atoms. The van der Waals surface area contributed by atoms with Crippen molar-refractivity contribution in [3.63, 3.8) is 0 Å². The smallest absolute Gasteiger partial charge is 0.0198 e. The van der Waals surface area contributed by atoms with Gasteiger partial charge in [0.05, 0.1) is 0 Å². The first-order chi connectivity index (χ1) is 7.70. The molecule has 2 rings (SSSR count). The predicted molar refractivity (Wildman–Crippen MR) is 74.0 cm³/mol. The lowest BCUT2D eigenvalue weighted by molar-refractivity contribution is 0.216. The average Bonchev–Trinajstić information content (AvgIpc) is 2.71. The van der Waals surface area contributed by atoms with Crippen LogP contribution in [0.5, 0.6) is 0 Å². The summed E-state index contributed by atoms with van der Waals surface area (Å²) in [5, 5.41) is 4.83. The third kappa shape index (κ3) is 2.95. The molecule has 0 aromatic carbocycles. The van der Waals surface area contributed by atoms with Gasteiger partial charge < -0.3 is 5.32 Å². The molecule has 0 heterocycles. The molecule has 2 heteroatoms. The SMILES string of the molecule is CSC1CCCC1NC1CCC(C)C(C)C1. The van der Waals surface area contributed by atoms with Gasteiger partial charge in [-0.2, -0.15) is 11.8 Å². The van der Waals surface area contributed by atoms with E-state index in [4.69, 9.17) is 0 Å². The van der Waals surface area contributed by atoms with Gasteiger partial charge in [0, 0.05) is 17.3 Å². The average molecular weight is 241 g/mol. The monoisotopic (exact) mass is 241 g/mol. The minimum atomic E-state index is 0.806. The first-order valence-corrected chi connectivity index (χ1v) is 8.28. The Morgan fingerprint density at radius 2 is 1.81 bits per heavy atom. The summed E-state index contributed by atoms with van der Waals surface area (Å²) in [4.78, 5) is 0. The third-order valence-electron chi connectivity index (χ3n) is 4.80. The maximum atomic E-state index is 3.95. The van der Waals surface area contributed by atoms with E-state index in [2.05, 4.69) is 37.2 Å². The fourth-order valence-corrected chi connectivity index (χ4v) is 4.35. The summed E-state index contributed by atoms with van der Waals surface area (Å²) in [7, 11) is 0. The Labute approximate surface area is 105 Å². The van der Waals surface area contributed by atoms with E-state index in [1.807, 2.05) is 0 Å². The van der Waals surface area contributed by atoms with Crippen molar-refractivity contribution in [2.45, 2.75) is 69.7 Å². The van der Waals surface area contributed by atoms with E-state index in [-0.39, 0.29) is 0 Å². The topological polar surface area (TPSA) is 12.0 Å². The zero-order chi connectivity index (χ0) is 11.5. The molecule has 2 aliphatic rings. The van der Waals surface area contributed by atoms with Crippen molar-refractivity contribution in [2.24, 2.45) is 11.8 Å². The Morgan fingerprint density at radius 1 is 1.00 bits per heavy atom. The van der Waals surface area contributed by atoms with Crippen molar-refractivity contribution in [1.29, 1.82) is 0 Å². The normalized spacial score (nSPS) is 44.8. The van der Waals surface area contributed by atoms with Crippen LogP contribution in [0.2, 0.25) is 0 Å². The quantitative estimate of drug-likeness (QED) is 0.809. The van der Waals surface area contributed by atoms with Crippen LogP contribution in [0.25, 0.3) is 0 Å². The fraction of sp³-hybridized carbons (Fsp3) is 1.00. The van der Waals surface area contributed by atoms with Crippen LogP contribution >= 0.6 is 11.8 Å². The second-order valence-corrected chi connectivity index (χ2v) is 7.02. The summed E-state index contributed by atoms with van der Waals surface area (Å²) >= 11 is 2.07. The second kappa shape index (κ2) is 5.77. The molecule has 94 valence electrons. The van der Waals surface area contributed by atoms with Gasteiger partial charge in [-0.15, -0.1) is 0 Å². The van der Waals surface area contributed by atoms with Gasteiger partial charge in [-0.25, -0.2) is 0 Å². The number of hydrogen-bond acceptors (Lipinski definition) is 2. The second-order valence-electron chi connectivity index (χ2n) is 5.94. The molecule has 0 aliphatic heterocycles. The zero-order valence-electron chi connectivity index (χ0n) is 11.0. The zero-order valence-corrected chi connectivity index (χ0v) is 11.9. The predicted octanol–water partition coefficient (Wildman–Crippen LogP) is 3.68. The molecule has 0 bridgehead atoms. The number of thioether (sulfide) groups is 1. The Kier molecular flexibility index (Phi) is 4.60. The van der Waals surface area contributed by atoms with E-state index in [1.54, 1.807) is 0 Å². The minimum Gasteiger partial charge on any atom is -0.310 e. The van der Waals surface area contributed by atoms with Crippen LogP contribution in [-0.2, 0) is 0 Å². The molecule has 0 amide bonds. The molecule has 2 aliphatic carbocycles. The molecule has 2 saturated carbocycles. The number of hydrogen-bond donors (Lipinski definition) is 1. The summed E-state index contributed by atoms with van der Waals surface area (Å²) in [6, 6.07) is 1.62.